The van der Waals surface area contributed by atoms with Gasteiger partial charge < -0.3 is 14.7 Å². The summed E-state index contributed by atoms with van der Waals surface area (Å²) in [6.45, 7) is -0.0530. The van der Waals surface area contributed by atoms with E-state index in [0.717, 1.165) is 22.2 Å². The summed E-state index contributed by atoms with van der Waals surface area (Å²) in [5.74, 6) is 0. The van der Waals surface area contributed by atoms with Crippen LogP contribution in [0, 0.1) is 0 Å². The Morgan fingerprint density at radius 3 is 2.68 bits per heavy atom. The second-order valence-electron chi connectivity index (χ2n) is 4.51. The monoisotopic (exact) mass is 251 g/mol. The second-order valence-corrected chi connectivity index (χ2v) is 4.51. The summed E-state index contributed by atoms with van der Waals surface area (Å²) in [6, 6.07) is 15.9. The first-order valence-corrected chi connectivity index (χ1v) is 6.23. The highest BCUT2D eigenvalue weighted by atomic mass is 16.3. The van der Waals surface area contributed by atoms with E-state index < -0.39 is 0 Å². The number of aliphatic hydroxyl groups is 1. The van der Waals surface area contributed by atoms with Crippen LogP contribution >= 0.6 is 0 Å². The van der Waals surface area contributed by atoms with Gasteiger partial charge in [-0.2, -0.15) is 0 Å². The molecule has 0 unspecified atom stereocenters. The summed E-state index contributed by atoms with van der Waals surface area (Å²) in [7, 11) is -0.0665. The highest BCUT2D eigenvalue weighted by Gasteiger charge is 2.07. The van der Waals surface area contributed by atoms with Gasteiger partial charge in [0.1, 0.15) is 0 Å². The second kappa shape index (κ2) is 4.92. The Morgan fingerprint density at radius 2 is 1.89 bits per heavy atom. The third-order valence-electron chi connectivity index (χ3n) is 3.41. The molecule has 1 aromatic heterocycles. The van der Waals surface area contributed by atoms with E-state index >= 15 is 0 Å². The zero-order chi connectivity index (χ0) is 13.2. The van der Waals surface area contributed by atoms with Gasteiger partial charge in [0.05, 0.1) is 12.1 Å². The number of nitrogens with zero attached hydrogens (tertiary/aromatic N) is 1. The van der Waals surface area contributed by atoms with Gasteiger partial charge in [-0.25, -0.2) is 0 Å². The van der Waals surface area contributed by atoms with Gasteiger partial charge in [-0.3, -0.25) is 0 Å². The molecule has 4 heteroatoms. The number of hydrogen-bond acceptors (Lipinski definition) is 2. The minimum atomic E-state index is -0.0665. The lowest BCUT2D eigenvalue weighted by Crippen LogP contribution is -2.20. The molecule has 3 rings (SSSR count). The molecule has 0 amide bonds. The van der Waals surface area contributed by atoms with Crippen molar-refractivity contribution in [1.29, 1.82) is 0 Å². The van der Waals surface area contributed by atoms with Gasteiger partial charge in [0.15, 0.2) is 0 Å². The van der Waals surface area contributed by atoms with Gasteiger partial charge >= 0.3 is 7.48 Å². The lowest BCUT2D eigenvalue weighted by atomic mass is 9.84. The Bertz CT molecular complexity index is 721. The standard InChI is InChI=1S/C15H14BNO2/c18-10-12-5-6-13(9-14(12)16-19)17-8-7-11-3-1-2-4-15(11)17/h1-9,16,18-19H,10H2. The Morgan fingerprint density at radius 1 is 1.05 bits per heavy atom. The van der Waals surface area contributed by atoms with E-state index in [1.54, 1.807) is 0 Å². The Labute approximate surface area is 112 Å². The van der Waals surface area contributed by atoms with Crippen LogP contribution in [0.4, 0.5) is 0 Å². The molecule has 0 aliphatic rings. The van der Waals surface area contributed by atoms with E-state index in [1.165, 1.54) is 5.39 Å². The fraction of sp³-hybridized carbons (Fsp3) is 0.0667. The molecule has 0 atom stereocenters. The predicted octanol–water partition coefficient (Wildman–Crippen LogP) is 1.09. The molecule has 0 radical (unpaired) electrons. The topological polar surface area (TPSA) is 45.4 Å². The number of fused-ring (bicyclic) bond motifs is 1. The van der Waals surface area contributed by atoms with E-state index in [1.807, 2.05) is 36.5 Å². The predicted molar refractivity (Wildman–Crippen MR) is 78.2 cm³/mol. The van der Waals surface area contributed by atoms with E-state index in [2.05, 4.69) is 22.8 Å². The van der Waals surface area contributed by atoms with Crippen LogP contribution in [-0.2, 0) is 6.61 Å². The minimum absolute atomic E-state index is 0.0530. The molecule has 0 spiro atoms. The fourth-order valence-electron chi connectivity index (χ4n) is 2.37. The highest BCUT2D eigenvalue weighted by Crippen LogP contribution is 2.19. The molecule has 3 nitrogen and oxygen atoms in total. The molecular weight excluding hydrogens is 237 g/mol. The van der Waals surface area contributed by atoms with E-state index in [0.29, 0.717) is 0 Å². The maximum absolute atomic E-state index is 9.36. The molecule has 94 valence electrons. The Balaban J connectivity index is 2.16. The lowest BCUT2D eigenvalue weighted by molar-refractivity contribution is 0.282. The van der Waals surface area contributed by atoms with Crippen LogP contribution in [0.5, 0.6) is 0 Å². The fourth-order valence-corrected chi connectivity index (χ4v) is 2.37. The normalized spacial score (nSPS) is 10.8. The van der Waals surface area contributed by atoms with Crippen LogP contribution in [-0.4, -0.2) is 22.2 Å². The molecule has 2 aromatic carbocycles. The highest BCUT2D eigenvalue weighted by molar-refractivity contribution is 6.46. The summed E-state index contributed by atoms with van der Waals surface area (Å²) in [6.07, 6.45) is 2.01. The summed E-state index contributed by atoms with van der Waals surface area (Å²) in [4.78, 5) is 0. The number of rotatable bonds is 3. The van der Waals surface area contributed by atoms with Gasteiger partial charge in [0.2, 0.25) is 0 Å². The Hall–Kier alpha value is -2.04. The van der Waals surface area contributed by atoms with Crippen LogP contribution in [0.15, 0.2) is 54.7 Å². The van der Waals surface area contributed by atoms with Crippen molar-refractivity contribution in [3.8, 4) is 5.69 Å². The van der Waals surface area contributed by atoms with E-state index in [4.69, 9.17) is 0 Å². The van der Waals surface area contributed by atoms with Crippen molar-refractivity contribution in [3.05, 3.63) is 60.3 Å². The summed E-state index contributed by atoms with van der Waals surface area (Å²) >= 11 is 0. The number of hydrogen-bond donors (Lipinski definition) is 2. The summed E-state index contributed by atoms with van der Waals surface area (Å²) < 4.78 is 2.08. The molecule has 0 aliphatic heterocycles. The number of para-hydroxylation sites is 1. The molecule has 0 fully saturated rings. The first-order chi connectivity index (χ1) is 9.33. The van der Waals surface area contributed by atoms with Crippen LogP contribution in [0.25, 0.3) is 16.6 Å². The van der Waals surface area contributed by atoms with Crippen molar-refractivity contribution in [1.82, 2.24) is 4.57 Å². The van der Waals surface area contributed by atoms with Crippen LogP contribution in [0.2, 0.25) is 0 Å². The van der Waals surface area contributed by atoms with Gasteiger partial charge in [0.25, 0.3) is 0 Å². The lowest BCUT2D eigenvalue weighted by Gasteiger charge is -2.10. The van der Waals surface area contributed by atoms with Gasteiger partial charge in [-0.15, -0.1) is 0 Å². The average Bonchev–Trinajstić information content (AvgIpc) is 2.90. The summed E-state index contributed by atoms with van der Waals surface area (Å²) in [5.41, 5.74) is 3.64. The third-order valence-corrected chi connectivity index (χ3v) is 3.41. The van der Waals surface area contributed by atoms with E-state index in [9.17, 15) is 10.1 Å². The molecule has 0 saturated carbocycles. The van der Waals surface area contributed by atoms with Crippen molar-refractivity contribution in [2.75, 3.05) is 0 Å². The molecule has 0 aliphatic carbocycles. The maximum Gasteiger partial charge on any atom is 0.305 e. The van der Waals surface area contributed by atoms with Crippen molar-refractivity contribution in [2.24, 2.45) is 0 Å². The maximum atomic E-state index is 9.36. The minimum Gasteiger partial charge on any atom is -0.449 e. The molecular formula is C15H14BNO2. The first kappa shape index (κ1) is 12.0. The van der Waals surface area contributed by atoms with E-state index in [-0.39, 0.29) is 14.1 Å². The van der Waals surface area contributed by atoms with Crippen molar-refractivity contribution >= 4 is 23.8 Å². The van der Waals surface area contributed by atoms with Crippen LogP contribution in [0.3, 0.4) is 0 Å². The van der Waals surface area contributed by atoms with Gasteiger partial charge in [0, 0.05) is 11.9 Å². The largest absolute Gasteiger partial charge is 0.449 e. The quantitative estimate of drug-likeness (QED) is 0.684. The first-order valence-electron chi connectivity index (χ1n) is 6.23. The van der Waals surface area contributed by atoms with Gasteiger partial charge in [-0.05, 0) is 40.7 Å². The average molecular weight is 251 g/mol. The van der Waals surface area contributed by atoms with Gasteiger partial charge in [-0.1, -0.05) is 24.3 Å². The molecule has 3 aromatic rings. The number of benzene rings is 2. The Kier molecular flexibility index (Phi) is 3.11. The van der Waals surface area contributed by atoms with Crippen LogP contribution < -0.4 is 5.46 Å². The summed E-state index contributed by atoms with van der Waals surface area (Å²) in [5, 5.41) is 19.8. The zero-order valence-electron chi connectivity index (χ0n) is 10.5. The smallest absolute Gasteiger partial charge is 0.305 e. The zero-order valence-corrected chi connectivity index (χ0v) is 10.5. The molecule has 0 bridgehead atoms. The third kappa shape index (κ3) is 2.05. The molecule has 2 N–H and O–H groups in total. The number of aliphatic hydroxyl groups excluding tert-OH is 1. The van der Waals surface area contributed by atoms with Crippen molar-refractivity contribution < 1.29 is 10.1 Å². The SMILES string of the molecule is OBc1cc(-n2ccc3ccccc32)ccc1CO. The van der Waals surface area contributed by atoms with Crippen LogP contribution in [0.1, 0.15) is 5.56 Å². The number of aromatic nitrogens is 1. The van der Waals surface area contributed by atoms with Crippen molar-refractivity contribution in [3.63, 3.8) is 0 Å². The molecule has 1 heterocycles. The van der Waals surface area contributed by atoms with Crippen molar-refractivity contribution in [2.45, 2.75) is 6.61 Å². The molecule has 19 heavy (non-hydrogen) atoms. The molecule has 0 saturated heterocycles.